The van der Waals surface area contributed by atoms with Gasteiger partial charge in [-0.3, -0.25) is 4.79 Å². The van der Waals surface area contributed by atoms with Gasteiger partial charge in [-0.25, -0.2) is 0 Å². The van der Waals surface area contributed by atoms with E-state index < -0.39 is 23.7 Å². The van der Waals surface area contributed by atoms with Crippen LogP contribution in [0.3, 0.4) is 0 Å². The Labute approximate surface area is 159 Å². The number of halogens is 3. The van der Waals surface area contributed by atoms with Gasteiger partial charge in [0.05, 0.1) is 17.2 Å². The van der Waals surface area contributed by atoms with Crippen LogP contribution in [-0.2, 0) is 11.0 Å². The Balaban J connectivity index is 1.92. The Hall–Kier alpha value is -2.87. The lowest BCUT2D eigenvalue weighted by molar-refractivity contribution is -0.137. The summed E-state index contributed by atoms with van der Waals surface area (Å²) < 4.78 is 38.7. The van der Waals surface area contributed by atoms with E-state index in [4.69, 9.17) is 12.2 Å². The summed E-state index contributed by atoms with van der Waals surface area (Å²) in [5, 5.41) is 8.85. The Morgan fingerprint density at radius 3 is 2.48 bits per heavy atom. The number of nitrogens with one attached hydrogen (secondary N) is 3. The van der Waals surface area contributed by atoms with Crippen LogP contribution >= 0.6 is 12.2 Å². The minimum Gasteiger partial charge on any atom is -0.351 e. The van der Waals surface area contributed by atoms with Gasteiger partial charge in [-0.2, -0.15) is 13.2 Å². The summed E-state index contributed by atoms with van der Waals surface area (Å²) in [5.41, 5.74) is 0.945. The molecule has 0 unspecified atom stereocenters. The highest BCUT2D eigenvalue weighted by Gasteiger charge is 2.32. The van der Waals surface area contributed by atoms with Gasteiger partial charge >= 0.3 is 6.18 Å². The van der Waals surface area contributed by atoms with E-state index in [0.717, 1.165) is 17.7 Å². The third-order valence-corrected chi connectivity index (χ3v) is 4.31. The standard InChI is InChI=1S/C19H16F3N3OS/c1-11-15(16(25-18(27)23-11)12-6-3-2-4-7-12)17(26)24-14-9-5-8-13(10-14)19(20,21)22/h2-10,16H,1H3,(H,24,26)(H2,23,25,27)/t16-/m1/s1. The lowest BCUT2D eigenvalue weighted by Gasteiger charge is -2.30. The van der Waals surface area contributed by atoms with E-state index in [1.54, 1.807) is 6.92 Å². The molecule has 0 saturated heterocycles. The van der Waals surface area contributed by atoms with E-state index in [-0.39, 0.29) is 5.69 Å². The van der Waals surface area contributed by atoms with Crippen molar-refractivity contribution in [3.63, 3.8) is 0 Å². The summed E-state index contributed by atoms with van der Waals surface area (Å²) in [6.07, 6.45) is -4.48. The monoisotopic (exact) mass is 391 g/mol. The van der Waals surface area contributed by atoms with Crippen molar-refractivity contribution >= 4 is 28.9 Å². The van der Waals surface area contributed by atoms with Crippen molar-refractivity contribution in [3.05, 3.63) is 77.0 Å². The van der Waals surface area contributed by atoms with Crippen molar-refractivity contribution in [3.8, 4) is 0 Å². The van der Waals surface area contributed by atoms with Crippen molar-refractivity contribution in [1.82, 2.24) is 10.6 Å². The second-order valence-corrected chi connectivity index (χ2v) is 6.42. The molecule has 1 aliphatic rings. The molecule has 2 aromatic carbocycles. The van der Waals surface area contributed by atoms with Crippen molar-refractivity contribution in [2.45, 2.75) is 19.1 Å². The molecule has 3 N–H and O–H groups in total. The minimum absolute atomic E-state index is 0.0649. The van der Waals surface area contributed by atoms with Crippen LogP contribution in [0.1, 0.15) is 24.1 Å². The summed E-state index contributed by atoms with van der Waals surface area (Å²) in [5.74, 6) is -0.511. The van der Waals surface area contributed by atoms with Crippen LogP contribution in [0.5, 0.6) is 0 Å². The quantitative estimate of drug-likeness (QED) is 0.689. The Morgan fingerprint density at radius 1 is 1.11 bits per heavy atom. The third kappa shape index (κ3) is 4.28. The largest absolute Gasteiger partial charge is 0.416 e. The fourth-order valence-electron chi connectivity index (χ4n) is 2.86. The summed E-state index contributed by atoms with van der Waals surface area (Å²) >= 11 is 5.17. The van der Waals surface area contributed by atoms with Crippen molar-refractivity contribution in [1.29, 1.82) is 0 Å². The molecular weight excluding hydrogens is 375 g/mol. The fourth-order valence-corrected chi connectivity index (χ4v) is 3.13. The number of thiocarbonyl (C=S) groups is 1. The maximum atomic E-state index is 12.9. The van der Waals surface area contributed by atoms with E-state index in [0.29, 0.717) is 16.4 Å². The highest BCUT2D eigenvalue weighted by Crippen LogP contribution is 2.32. The first-order valence-corrected chi connectivity index (χ1v) is 8.48. The number of rotatable bonds is 3. The van der Waals surface area contributed by atoms with Gasteiger partial charge in [0.25, 0.3) is 5.91 Å². The number of hydrogen-bond acceptors (Lipinski definition) is 2. The smallest absolute Gasteiger partial charge is 0.351 e. The summed E-state index contributed by atoms with van der Waals surface area (Å²) in [7, 11) is 0. The average Bonchev–Trinajstić information content (AvgIpc) is 2.61. The molecule has 27 heavy (non-hydrogen) atoms. The molecule has 4 nitrogen and oxygen atoms in total. The Kier molecular flexibility index (Phi) is 5.18. The van der Waals surface area contributed by atoms with E-state index in [9.17, 15) is 18.0 Å². The lowest BCUT2D eigenvalue weighted by Crippen LogP contribution is -2.45. The number of hydrogen-bond donors (Lipinski definition) is 3. The van der Waals surface area contributed by atoms with Crippen LogP contribution in [0.15, 0.2) is 65.9 Å². The number of anilines is 1. The van der Waals surface area contributed by atoms with Gasteiger partial charge in [-0.15, -0.1) is 0 Å². The molecule has 0 aliphatic carbocycles. The van der Waals surface area contributed by atoms with Gasteiger partial charge < -0.3 is 16.0 Å². The molecule has 0 bridgehead atoms. The van der Waals surface area contributed by atoms with Crippen molar-refractivity contribution in [2.24, 2.45) is 0 Å². The Morgan fingerprint density at radius 2 is 1.81 bits per heavy atom. The average molecular weight is 391 g/mol. The molecule has 0 spiro atoms. The van der Waals surface area contributed by atoms with E-state index in [1.807, 2.05) is 30.3 Å². The number of alkyl halides is 3. The van der Waals surface area contributed by atoms with Crippen molar-refractivity contribution in [2.75, 3.05) is 5.32 Å². The molecular formula is C19H16F3N3OS. The molecule has 1 amide bonds. The molecule has 1 aliphatic heterocycles. The number of allylic oxidation sites excluding steroid dienone is 1. The minimum atomic E-state index is -4.48. The normalized spacial score (nSPS) is 17.2. The van der Waals surface area contributed by atoms with Gasteiger partial charge in [-0.05, 0) is 42.9 Å². The molecule has 2 aromatic rings. The first-order valence-electron chi connectivity index (χ1n) is 8.07. The zero-order chi connectivity index (χ0) is 19.6. The molecule has 0 saturated carbocycles. The molecule has 1 atom stereocenters. The van der Waals surface area contributed by atoms with Crippen LogP contribution in [-0.4, -0.2) is 11.0 Å². The molecule has 140 valence electrons. The summed E-state index contributed by atoms with van der Waals surface area (Å²) in [6, 6.07) is 13.2. The first-order chi connectivity index (χ1) is 12.8. The molecule has 1 heterocycles. The van der Waals surface area contributed by atoms with Crippen LogP contribution in [0.25, 0.3) is 0 Å². The predicted molar refractivity (Wildman–Crippen MR) is 101 cm³/mol. The van der Waals surface area contributed by atoms with E-state index >= 15 is 0 Å². The van der Waals surface area contributed by atoms with Crippen LogP contribution in [0.4, 0.5) is 18.9 Å². The fraction of sp³-hybridized carbons (Fsp3) is 0.158. The molecule has 0 aromatic heterocycles. The van der Waals surface area contributed by atoms with Crippen LogP contribution in [0, 0.1) is 0 Å². The lowest BCUT2D eigenvalue weighted by atomic mass is 9.95. The number of amides is 1. The zero-order valence-corrected chi connectivity index (χ0v) is 15.0. The molecule has 0 radical (unpaired) electrons. The topological polar surface area (TPSA) is 53.2 Å². The molecule has 3 rings (SSSR count). The van der Waals surface area contributed by atoms with Gasteiger partial charge in [-0.1, -0.05) is 36.4 Å². The van der Waals surface area contributed by atoms with Gasteiger partial charge in [0.2, 0.25) is 0 Å². The summed E-state index contributed by atoms with van der Waals surface area (Å²) in [6.45, 7) is 1.70. The molecule has 8 heteroatoms. The third-order valence-electron chi connectivity index (χ3n) is 4.09. The van der Waals surface area contributed by atoms with Gasteiger partial charge in [0, 0.05) is 11.4 Å². The highest BCUT2D eigenvalue weighted by molar-refractivity contribution is 7.80. The maximum Gasteiger partial charge on any atom is 0.416 e. The van der Waals surface area contributed by atoms with Crippen LogP contribution in [0.2, 0.25) is 0 Å². The SMILES string of the molecule is CC1=C(C(=O)Nc2cccc(C(F)(F)F)c2)[C@@H](c2ccccc2)NC(=S)N1. The second kappa shape index (κ2) is 7.40. The Bertz CT molecular complexity index is 910. The first kappa shape index (κ1) is 18.9. The van der Waals surface area contributed by atoms with Gasteiger partial charge in [0.15, 0.2) is 5.11 Å². The maximum absolute atomic E-state index is 12.9. The predicted octanol–water partition coefficient (Wildman–Crippen LogP) is 4.14. The number of benzene rings is 2. The number of carbonyl (C=O) groups excluding carboxylic acids is 1. The second-order valence-electron chi connectivity index (χ2n) is 6.01. The van der Waals surface area contributed by atoms with E-state index in [1.165, 1.54) is 12.1 Å². The zero-order valence-electron chi connectivity index (χ0n) is 14.2. The van der Waals surface area contributed by atoms with Crippen molar-refractivity contribution < 1.29 is 18.0 Å². The highest BCUT2D eigenvalue weighted by atomic mass is 32.1. The summed E-state index contributed by atoms with van der Waals surface area (Å²) in [4.78, 5) is 12.9. The van der Waals surface area contributed by atoms with E-state index in [2.05, 4.69) is 16.0 Å². The number of carbonyl (C=O) groups is 1. The van der Waals surface area contributed by atoms with Crippen LogP contribution < -0.4 is 16.0 Å². The van der Waals surface area contributed by atoms with Gasteiger partial charge in [0.1, 0.15) is 0 Å². The molecule has 0 fully saturated rings.